The average Bonchev–Trinajstić information content (AvgIpc) is 2.86. The molecule has 1 aromatic rings. The fraction of sp³-hybridized carbons (Fsp3) is 0.385. The molecule has 2 rings (SSSR count). The van der Waals surface area contributed by atoms with Gasteiger partial charge in [0.05, 0.1) is 22.2 Å². The van der Waals surface area contributed by atoms with Gasteiger partial charge < -0.3 is 15.3 Å². The second kappa shape index (κ2) is 6.85. The monoisotopic (exact) mass is 394 g/mol. The predicted molar refractivity (Wildman–Crippen MR) is 85.2 cm³/mol. The minimum Gasteiger partial charge on any atom is -0.481 e. The summed E-state index contributed by atoms with van der Waals surface area (Å²) in [6.07, 6.45) is 1.43. The van der Waals surface area contributed by atoms with Crippen LogP contribution in [0.1, 0.15) is 19.3 Å². The molecule has 1 fully saturated rings. The van der Waals surface area contributed by atoms with Crippen LogP contribution in [0, 0.1) is 0 Å². The average molecular weight is 396 g/mol. The summed E-state index contributed by atoms with van der Waals surface area (Å²) in [6, 6.07) is 2.67. The highest BCUT2D eigenvalue weighted by atomic mass is 79.9. The molecule has 0 aromatic heterocycles. The van der Waals surface area contributed by atoms with Gasteiger partial charge in [0.2, 0.25) is 0 Å². The Bertz CT molecular complexity index is 583. The van der Waals surface area contributed by atoms with Crippen LogP contribution in [-0.4, -0.2) is 34.6 Å². The number of benzene rings is 1. The number of nitrogens with zero attached hydrogens (tertiary/aromatic N) is 1. The fourth-order valence-electron chi connectivity index (χ4n) is 2.33. The molecule has 5 nitrogen and oxygen atoms in total. The van der Waals surface area contributed by atoms with E-state index in [1.54, 1.807) is 12.1 Å². The van der Waals surface area contributed by atoms with E-state index in [4.69, 9.17) is 28.3 Å². The minimum atomic E-state index is -0.913. The van der Waals surface area contributed by atoms with Gasteiger partial charge in [-0.1, -0.05) is 23.2 Å². The molecule has 1 unspecified atom stereocenters. The lowest BCUT2D eigenvalue weighted by atomic mass is 10.1. The van der Waals surface area contributed by atoms with Crippen LogP contribution in [0.5, 0.6) is 0 Å². The molecule has 21 heavy (non-hydrogen) atoms. The van der Waals surface area contributed by atoms with Crippen molar-refractivity contribution in [3.8, 4) is 0 Å². The van der Waals surface area contributed by atoms with E-state index in [0.717, 1.165) is 6.42 Å². The van der Waals surface area contributed by atoms with Crippen molar-refractivity contribution in [1.29, 1.82) is 0 Å². The highest BCUT2D eigenvalue weighted by molar-refractivity contribution is 9.10. The second-order valence-electron chi connectivity index (χ2n) is 4.74. The van der Waals surface area contributed by atoms with Crippen LogP contribution < -0.4 is 5.32 Å². The molecule has 0 spiro atoms. The van der Waals surface area contributed by atoms with E-state index < -0.39 is 5.97 Å². The Labute approximate surface area is 140 Å². The standard InChI is InChI=1S/C13H13BrCl2N2O3/c14-8-3-4-9(12(16)11(8)15)17-13(21)18-5-1-2-7(18)6-10(19)20/h3-4,7H,1-2,5-6H2,(H,17,21)(H,19,20). The highest BCUT2D eigenvalue weighted by Crippen LogP contribution is 2.36. The topological polar surface area (TPSA) is 69.6 Å². The fourth-order valence-corrected chi connectivity index (χ4v) is 3.15. The number of rotatable bonds is 3. The zero-order valence-electron chi connectivity index (χ0n) is 10.9. The van der Waals surface area contributed by atoms with Gasteiger partial charge in [-0.15, -0.1) is 0 Å². The second-order valence-corrected chi connectivity index (χ2v) is 6.35. The van der Waals surface area contributed by atoms with Crippen LogP contribution in [0.2, 0.25) is 10.0 Å². The van der Waals surface area contributed by atoms with Gasteiger partial charge in [0, 0.05) is 17.1 Å². The van der Waals surface area contributed by atoms with E-state index in [9.17, 15) is 9.59 Å². The summed E-state index contributed by atoms with van der Waals surface area (Å²) in [5.74, 6) is -0.913. The van der Waals surface area contributed by atoms with Crippen molar-refractivity contribution < 1.29 is 14.7 Å². The van der Waals surface area contributed by atoms with E-state index in [0.29, 0.717) is 28.1 Å². The molecule has 1 saturated heterocycles. The van der Waals surface area contributed by atoms with E-state index in [1.807, 2.05) is 0 Å². The molecule has 1 aliphatic rings. The van der Waals surface area contributed by atoms with Crippen LogP contribution in [0.3, 0.4) is 0 Å². The maximum atomic E-state index is 12.3. The summed E-state index contributed by atoms with van der Waals surface area (Å²) in [6.45, 7) is 0.533. The number of carbonyl (C=O) groups is 2. The largest absolute Gasteiger partial charge is 0.481 e. The molecule has 2 N–H and O–H groups in total. The number of likely N-dealkylation sites (tertiary alicyclic amines) is 1. The van der Waals surface area contributed by atoms with Crippen molar-refractivity contribution in [2.24, 2.45) is 0 Å². The van der Waals surface area contributed by atoms with E-state index in [1.165, 1.54) is 4.90 Å². The quantitative estimate of drug-likeness (QED) is 0.752. The Balaban J connectivity index is 2.11. The molecule has 2 amide bonds. The molecular weight excluding hydrogens is 383 g/mol. The van der Waals surface area contributed by atoms with Gasteiger partial charge in [-0.05, 0) is 40.9 Å². The van der Waals surface area contributed by atoms with Crippen LogP contribution in [0.4, 0.5) is 10.5 Å². The van der Waals surface area contributed by atoms with Crippen molar-refractivity contribution in [3.63, 3.8) is 0 Å². The first-order valence-electron chi connectivity index (χ1n) is 6.33. The SMILES string of the molecule is O=C(O)CC1CCCN1C(=O)Nc1ccc(Br)c(Cl)c1Cl. The molecule has 0 aliphatic carbocycles. The summed E-state index contributed by atoms with van der Waals surface area (Å²) in [5.41, 5.74) is 0.399. The van der Waals surface area contributed by atoms with Crippen molar-refractivity contribution >= 4 is 56.8 Å². The minimum absolute atomic E-state index is 0.0533. The Kier molecular flexibility index (Phi) is 5.35. The number of amides is 2. The third-order valence-electron chi connectivity index (χ3n) is 3.33. The van der Waals surface area contributed by atoms with Gasteiger partial charge in [-0.25, -0.2) is 4.79 Å². The first-order valence-corrected chi connectivity index (χ1v) is 7.88. The molecule has 8 heteroatoms. The lowest BCUT2D eigenvalue weighted by molar-refractivity contribution is -0.137. The maximum absolute atomic E-state index is 12.3. The number of hydrogen-bond donors (Lipinski definition) is 2. The number of hydrogen-bond acceptors (Lipinski definition) is 2. The normalized spacial score (nSPS) is 17.9. The third kappa shape index (κ3) is 3.81. The third-order valence-corrected chi connectivity index (χ3v) is 5.10. The van der Waals surface area contributed by atoms with Gasteiger partial charge in [0.1, 0.15) is 0 Å². The number of carboxylic acids is 1. The molecule has 0 bridgehead atoms. The Morgan fingerprint density at radius 1 is 1.38 bits per heavy atom. The van der Waals surface area contributed by atoms with Gasteiger partial charge in [-0.2, -0.15) is 0 Å². The van der Waals surface area contributed by atoms with Crippen molar-refractivity contribution in [2.75, 3.05) is 11.9 Å². The number of carboxylic acid groups (broad SMARTS) is 1. The summed E-state index contributed by atoms with van der Waals surface area (Å²) < 4.78 is 0.636. The zero-order valence-corrected chi connectivity index (χ0v) is 14.0. The summed E-state index contributed by atoms with van der Waals surface area (Å²) >= 11 is 15.3. The van der Waals surface area contributed by atoms with E-state index in [2.05, 4.69) is 21.2 Å². The lowest BCUT2D eigenvalue weighted by Crippen LogP contribution is -2.39. The van der Waals surface area contributed by atoms with Crippen molar-refractivity contribution in [3.05, 3.63) is 26.7 Å². The molecule has 0 saturated carbocycles. The van der Waals surface area contributed by atoms with E-state index in [-0.39, 0.29) is 23.5 Å². The molecule has 1 aromatic carbocycles. The van der Waals surface area contributed by atoms with Gasteiger partial charge >= 0.3 is 12.0 Å². The van der Waals surface area contributed by atoms with Crippen molar-refractivity contribution in [1.82, 2.24) is 4.90 Å². The number of nitrogens with one attached hydrogen (secondary N) is 1. The highest BCUT2D eigenvalue weighted by Gasteiger charge is 2.30. The number of aliphatic carboxylic acids is 1. The van der Waals surface area contributed by atoms with Gasteiger partial charge in [0.25, 0.3) is 0 Å². The Morgan fingerprint density at radius 3 is 2.76 bits per heavy atom. The van der Waals surface area contributed by atoms with Crippen LogP contribution in [-0.2, 0) is 4.79 Å². The summed E-state index contributed by atoms with van der Waals surface area (Å²) in [5, 5.41) is 12.1. The molecule has 1 heterocycles. The first-order chi connectivity index (χ1) is 9.90. The summed E-state index contributed by atoms with van der Waals surface area (Å²) in [7, 11) is 0. The first kappa shape index (κ1) is 16.4. The molecule has 0 radical (unpaired) electrons. The smallest absolute Gasteiger partial charge is 0.322 e. The van der Waals surface area contributed by atoms with Gasteiger partial charge in [0.15, 0.2) is 0 Å². The number of anilines is 1. The lowest BCUT2D eigenvalue weighted by Gasteiger charge is -2.24. The van der Waals surface area contributed by atoms with E-state index >= 15 is 0 Å². The van der Waals surface area contributed by atoms with Crippen LogP contribution in [0.15, 0.2) is 16.6 Å². The Hall–Kier alpha value is -0.980. The van der Waals surface area contributed by atoms with Gasteiger partial charge in [-0.3, -0.25) is 4.79 Å². The Morgan fingerprint density at radius 2 is 2.10 bits per heavy atom. The molecular formula is C13H13BrCl2N2O3. The summed E-state index contributed by atoms with van der Waals surface area (Å²) in [4.78, 5) is 24.6. The molecule has 1 atom stereocenters. The number of urea groups is 1. The predicted octanol–water partition coefficient (Wildman–Crippen LogP) is 4.23. The number of halogens is 3. The molecule has 1 aliphatic heterocycles. The van der Waals surface area contributed by atoms with Crippen LogP contribution in [0.25, 0.3) is 0 Å². The molecule has 114 valence electrons. The van der Waals surface area contributed by atoms with Crippen molar-refractivity contribution in [2.45, 2.75) is 25.3 Å². The van der Waals surface area contributed by atoms with Crippen LogP contribution >= 0.6 is 39.1 Å². The maximum Gasteiger partial charge on any atom is 0.322 e. The zero-order chi connectivity index (χ0) is 15.6. The number of carbonyl (C=O) groups excluding carboxylic acids is 1.